The summed E-state index contributed by atoms with van der Waals surface area (Å²) in [5, 5.41) is 22.4. The number of methoxy groups -OCH3 is 1. The summed E-state index contributed by atoms with van der Waals surface area (Å²) in [6.45, 7) is 3.24. The molecule has 134 valence electrons. The summed E-state index contributed by atoms with van der Waals surface area (Å²) < 4.78 is 5.21. The Labute approximate surface area is 152 Å². The first-order valence-electron chi connectivity index (χ1n) is 8.75. The number of anilines is 2. The van der Waals surface area contributed by atoms with Crippen LogP contribution < -0.4 is 14.5 Å². The first kappa shape index (κ1) is 16.4. The summed E-state index contributed by atoms with van der Waals surface area (Å²) in [6, 6.07) is 17.1. The Hall–Kier alpha value is -3.08. The number of hydrogen-bond donors (Lipinski definition) is 2. The van der Waals surface area contributed by atoms with Crippen LogP contribution in [0.1, 0.15) is 0 Å². The van der Waals surface area contributed by atoms with Crippen LogP contribution in [0.2, 0.25) is 0 Å². The average molecular weight is 350 g/mol. The lowest BCUT2D eigenvalue weighted by Gasteiger charge is -2.37. The second kappa shape index (κ2) is 6.67. The van der Waals surface area contributed by atoms with Crippen LogP contribution in [0.15, 0.2) is 54.6 Å². The number of aromatic hydroxyl groups is 2. The highest BCUT2D eigenvalue weighted by Crippen LogP contribution is 2.40. The van der Waals surface area contributed by atoms with Crippen molar-refractivity contribution in [2.24, 2.45) is 0 Å². The van der Waals surface area contributed by atoms with Gasteiger partial charge in [-0.25, -0.2) is 0 Å². The van der Waals surface area contributed by atoms with E-state index in [0.29, 0.717) is 16.5 Å². The molecule has 1 aliphatic heterocycles. The molecule has 0 radical (unpaired) electrons. The second-order valence-electron chi connectivity index (χ2n) is 6.48. The highest BCUT2D eigenvalue weighted by atomic mass is 16.5. The standard InChI is InChI=1S/C21H22N2O3/c1-26-16-8-6-15(7-9-16)22-10-12-23(13-11-22)19-14-20(24)17-4-2-3-5-18(17)21(19)25/h2-9,14,24-25H,10-13H2,1H3. The molecule has 3 aromatic rings. The number of fused-ring (bicyclic) bond motifs is 1. The van der Waals surface area contributed by atoms with Gasteiger partial charge in [0.15, 0.2) is 0 Å². The fourth-order valence-corrected chi connectivity index (χ4v) is 3.57. The number of phenols is 2. The molecule has 0 aromatic heterocycles. The van der Waals surface area contributed by atoms with Crippen LogP contribution >= 0.6 is 0 Å². The number of piperazine rings is 1. The number of benzene rings is 3. The molecule has 2 N–H and O–H groups in total. The average Bonchev–Trinajstić information content (AvgIpc) is 2.71. The van der Waals surface area contributed by atoms with Gasteiger partial charge in [0.2, 0.25) is 0 Å². The molecule has 1 fully saturated rings. The van der Waals surface area contributed by atoms with Gasteiger partial charge in [-0.2, -0.15) is 0 Å². The quantitative estimate of drug-likeness (QED) is 0.707. The topological polar surface area (TPSA) is 56.2 Å². The minimum atomic E-state index is 0.200. The van der Waals surface area contributed by atoms with Crippen molar-refractivity contribution in [3.63, 3.8) is 0 Å². The third kappa shape index (κ3) is 2.86. The first-order valence-corrected chi connectivity index (χ1v) is 8.75. The molecule has 0 bridgehead atoms. The third-order valence-corrected chi connectivity index (χ3v) is 5.03. The van der Waals surface area contributed by atoms with E-state index < -0.39 is 0 Å². The van der Waals surface area contributed by atoms with Crippen molar-refractivity contribution in [1.29, 1.82) is 0 Å². The molecule has 5 nitrogen and oxygen atoms in total. The minimum Gasteiger partial charge on any atom is -0.507 e. The van der Waals surface area contributed by atoms with Crippen molar-refractivity contribution >= 4 is 22.1 Å². The van der Waals surface area contributed by atoms with E-state index in [1.807, 2.05) is 36.4 Å². The molecule has 1 saturated heterocycles. The minimum absolute atomic E-state index is 0.200. The smallest absolute Gasteiger partial charge is 0.146 e. The zero-order valence-electron chi connectivity index (χ0n) is 14.7. The van der Waals surface area contributed by atoms with Crippen LogP contribution in [0.25, 0.3) is 10.8 Å². The van der Waals surface area contributed by atoms with E-state index in [4.69, 9.17) is 4.74 Å². The van der Waals surface area contributed by atoms with Gasteiger partial charge in [0.1, 0.15) is 17.2 Å². The predicted molar refractivity (Wildman–Crippen MR) is 105 cm³/mol. The van der Waals surface area contributed by atoms with Crippen molar-refractivity contribution in [1.82, 2.24) is 0 Å². The molecule has 1 heterocycles. The zero-order valence-corrected chi connectivity index (χ0v) is 14.7. The number of nitrogens with zero attached hydrogens (tertiary/aromatic N) is 2. The maximum atomic E-state index is 10.7. The van der Waals surface area contributed by atoms with E-state index in [0.717, 1.165) is 37.6 Å². The van der Waals surface area contributed by atoms with Gasteiger partial charge in [0, 0.05) is 48.7 Å². The summed E-state index contributed by atoms with van der Waals surface area (Å²) in [7, 11) is 1.67. The van der Waals surface area contributed by atoms with E-state index in [9.17, 15) is 10.2 Å². The van der Waals surface area contributed by atoms with E-state index in [1.54, 1.807) is 13.2 Å². The summed E-state index contributed by atoms with van der Waals surface area (Å²) in [4.78, 5) is 4.44. The number of hydrogen-bond acceptors (Lipinski definition) is 5. The van der Waals surface area contributed by atoms with Crippen LogP contribution in [0.3, 0.4) is 0 Å². The zero-order chi connectivity index (χ0) is 18.1. The van der Waals surface area contributed by atoms with Crippen molar-refractivity contribution in [2.45, 2.75) is 0 Å². The largest absolute Gasteiger partial charge is 0.507 e. The fraction of sp³-hybridized carbons (Fsp3) is 0.238. The van der Waals surface area contributed by atoms with Crippen molar-refractivity contribution in [3.05, 3.63) is 54.6 Å². The molecule has 0 saturated carbocycles. The Bertz CT molecular complexity index is 916. The third-order valence-electron chi connectivity index (χ3n) is 5.03. The Morgan fingerprint density at radius 2 is 1.42 bits per heavy atom. The van der Waals surface area contributed by atoms with Crippen LogP contribution in [-0.2, 0) is 0 Å². The summed E-state index contributed by atoms with van der Waals surface area (Å²) in [5.41, 5.74) is 1.85. The van der Waals surface area contributed by atoms with Crippen LogP contribution in [0, 0.1) is 0 Å². The molecule has 0 atom stereocenters. The lowest BCUT2D eigenvalue weighted by atomic mass is 10.1. The van der Waals surface area contributed by atoms with Gasteiger partial charge in [-0.3, -0.25) is 0 Å². The molecular formula is C21H22N2O3. The Kier molecular flexibility index (Phi) is 4.21. The molecule has 4 rings (SSSR count). The Morgan fingerprint density at radius 1 is 0.808 bits per heavy atom. The van der Waals surface area contributed by atoms with E-state index in [-0.39, 0.29) is 11.5 Å². The summed E-state index contributed by atoms with van der Waals surface area (Å²) >= 11 is 0. The molecule has 5 heteroatoms. The number of rotatable bonds is 3. The Morgan fingerprint density at radius 3 is 2.08 bits per heavy atom. The molecule has 0 spiro atoms. The Balaban J connectivity index is 1.54. The first-order chi connectivity index (χ1) is 12.7. The highest BCUT2D eigenvalue weighted by molar-refractivity contribution is 5.97. The SMILES string of the molecule is COc1ccc(N2CCN(c3cc(O)c4ccccc4c3O)CC2)cc1. The van der Waals surface area contributed by atoms with Gasteiger partial charge >= 0.3 is 0 Å². The molecule has 3 aromatic carbocycles. The van der Waals surface area contributed by atoms with Crippen molar-refractivity contribution in [3.8, 4) is 17.2 Å². The molecule has 1 aliphatic rings. The monoisotopic (exact) mass is 350 g/mol. The van der Waals surface area contributed by atoms with E-state index in [1.165, 1.54) is 0 Å². The van der Waals surface area contributed by atoms with Gasteiger partial charge in [-0.15, -0.1) is 0 Å². The summed E-state index contributed by atoms with van der Waals surface area (Å²) in [5.74, 6) is 1.28. The fourth-order valence-electron chi connectivity index (χ4n) is 3.57. The normalized spacial score (nSPS) is 14.7. The van der Waals surface area contributed by atoms with Gasteiger partial charge in [0.05, 0.1) is 12.8 Å². The van der Waals surface area contributed by atoms with Crippen LogP contribution in [-0.4, -0.2) is 43.5 Å². The van der Waals surface area contributed by atoms with Crippen LogP contribution in [0.5, 0.6) is 17.2 Å². The lowest BCUT2D eigenvalue weighted by Crippen LogP contribution is -2.46. The number of ether oxygens (including phenoxy) is 1. The molecule has 0 amide bonds. The predicted octanol–water partition coefficient (Wildman–Crippen LogP) is 3.59. The van der Waals surface area contributed by atoms with Gasteiger partial charge in [0.25, 0.3) is 0 Å². The van der Waals surface area contributed by atoms with E-state index >= 15 is 0 Å². The molecule has 0 unspecified atom stereocenters. The van der Waals surface area contributed by atoms with Crippen molar-refractivity contribution < 1.29 is 14.9 Å². The van der Waals surface area contributed by atoms with Crippen LogP contribution in [0.4, 0.5) is 11.4 Å². The second-order valence-corrected chi connectivity index (χ2v) is 6.48. The molecule has 26 heavy (non-hydrogen) atoms. The van der Waals surface area contributed by atoms with Gasteiger partial charge < -0.3 is 24.7 Å². The number of phenolic OH excluding ortho intramolecular Hbond substituents is 2. The van der Waals surface area contributed by atoms with Crippen molar-refractivity contribution in [2.75, 3.05) is 43.1 Å². The molecule has 0 aliphatic carbocycles. The highest BCUT2D eigenvalue weighted by Gasteiger charge is 2.21. The van der Waals surface area contributed by atoms with Gasteiger partial charge in [-0.1, -0.05) is 24.3 Å². The molecular weight excluding hydrogens is 328 g/mol. The van der Waals surface area contributed by atoms with E-state index in [2.05, 4.69) is 21.9 Å². The maximum Gasteiger partial charge on any atom is 0.146 e. The summed E-state index contributed by atoms with van der Waals surface area (Å²) in [6.07, 6.45) is 0. The van der Waals surface area contributed by atoms with Gasteiger partial charge in [-0.05, 0) is 24.3 Å². The lowest BCUT2D eigenvalue weighted by molar-refractivity contribution is 0.415. The maximum absolute atomic E-state index is 10.7.